The van der Waals surface area contributed by atoms with Gasteiger partial charge in [0.15, 0.2) is 5.82 Å². The third-order valence-corrected chi connectivity index (χ3v) is 2.82. The number of nitrogens with two attached hydrogens (primary N) is 1. The molecular formula is C14H18N4O. The molecule has 19 heavy (non-hydrogen) atoms. The van der Waals surface area contributed by atoms with Gasteiger partial charge in [0, 0.05) is 17.4 Å². The van der Waals surface area contributed by atoms with Crippen molar-refractivity contribution in [3.05, 3.63) is 41.6 Å². The van der Waals surface area contributed by atoms with Crippen molar-refractivity contribution in [3.8, 4) is 0 Å². The molecule has 1 aromatic heterocycles. The molecule has 0 aliphatic carbocycles. The lowest BCUT2D eigenvalue weighted by molar-refractivity contribution is -0.115. The number of para-hydroxylation sites is 1. The summed E-state index contributed by atoms with van der Waals surface area (Å²) in [5, 5.41) is 9.71. The summed E-state index contributed by atoms with van der Waals surface area (Å²) < 4.78 is 0. The van der Waals surface area contributed by atoms with E-state index in [0.717, 1.165) is 24.1 Å². The second kappa shape index (κ2) is 6.04. The molecule has 5 nitrogen and oxygen atoms in total. The Labute approximate surface area is 112 Å². The van der Waals surface area contributed by atoms with Gasteiger partial charge in [-0.25, -0.2) is 0 Å². The Morgan fingerprint density at radius 1 is 1.42 bits per heavy atom. The standard InChI is InChI=1S/C14H18N4O/c1-2-5-11-9-13(18-17-11)16-14(19)8-10-6-3-4-7-12(10)15/h3-4,6-7,9H,2,5,8,15H2,1H3,(H2,16,17,18,19). The van der Waals surface area contributed by atoms with Gasteiger partial charge < -0.3 is 11.1 Å². The number of amides is 1. The van der Waals surface area contributed by atoms with E-state index in [9.17, 15) is 4.79 Å². The lowest BCUT2D eigenvalue weighted by atomic mass is 10.1. The van der Waals surface area contributed by atoms with Crippen molar-refractivity contribution in [1.82, 2.24) is 10.2 Å². The van der Waals surface area contributed by atoms with Crippen LogP contribution in [0.1, 0.15) is 24.6 Å². The smallest absolute Gasteiger partial charge is 0.230 e. The van der Waals surface area contributed by atoms with Crippen LogP contribution in [0.25, 0.3) is 0 Å². The Bertz CT molecular complexity index is 562. The predicted octanol–water partition coefficient (Wildman–Crippen LogP) is 2.13. The number of rotatable bonds is 5. The molecule has 0 saturated carbocycles. The van der Waals surface area contributed by atoms with Crippen LogP contribution in [-0.4, -0.2) is 16.1 Å². The summed E-state index contributed by atoms with van der Waals surface area (Å²) in [6, 6.07) is 9.21. The minimum Gasteiger partial charge on any atom is -0.398 e. The van der Waals surface area contributed by atoms with Crippen LogP contribution in [0.5, 0.6) is 0 Å². The normalized spacial score (nSPS) is 10.4. The number of carbonyl (C=O) groups is 1. The number of nitrogens with zero attached hydrogens (tertiary/aromatic N) is 1. The van der Waals surface area contributed by atoms with Crippen molar-refractivity contribution in [2.45, 2.75) is 26.2 Å². The fourth-order valence-corrected chi connectivity index (χ4v) is 1.88. The second-order valence-corrected chi connectivity index (χ2v) is 4.45. The fourth-order valence-electron chi connectivity index (χ4n) is 1.88. The van der Waals surface area contributed by atoms with E-state index in [-0.39, 0.29) is 12.3 Å². The topological polar surface area (TPSA) is 83.8 Å². The first-order valence-electron chi connectivity index (χ1n) is 6.36. The molecule has 1 amide bonds. The molecule has 0 radical (unpaired) electrons. The molecule has 1 aromatic carbocycles. The van der Waals surface area contributed by atoms with E-state index < -0.39 is 0 Å². The lowest BCUT2D eigenvalue weighted by Crippen LogP contribution is -2.15. The summed E-state index contributed by atoms with van der Waals surface area (Å²) in [6.45, 7) is 2.09. The molecule has 2 aromatic rings. The maximum Gasteiger partial charge on any atom is 0.230 e. The molecule has 4 N–H and O–H groups in total. The quantitative estimate of drug-likeness (QED) is 0.718. The van der Waals surface area contributed by atoms with Crippen LogP contribution in [0.2, 0.25) is 0 Å². The zero-order valence-electron chi connectivity index (χ0n) is 10.9. The first kappa shape index (κ1) is 13.1. The van der Waals surface area contributed by atoms with Crippen LogP contribution in [0, 0.1) is 0 Å². The summed E-state index contributed by atoms with van der Waals surface area (Å²) in [6.07, 6.45) is 2.22. The number of nitrogen functional groups attached to an aromatic ring is 1. The van der Waals surface area contributed by atoms with E-state index in [0.29, 0.717) is 11.5 Å². The van der Waals surface area contributed by atoms with E-state index in [4.69, 9.17) is 5.73 Å². The largest absolute Gasteiger partial charge is 0.398 e. The van der Waals surface area contributed by atoms with Gasteiger partial charge in [-0.05, 0) is 18.1 Å². The molecule has 0 atom stereocenters. The second-order valence-electron chi connectivity index (χ2n) is 4.45. The summed E-state index contributed by atoms with van der Waals surface area (Å²) >= 11 is 0. The van der Waals surface area contributed by atoms with Crippen LogP contribution >= 0.6 is 0 Å². The van der Waals surface area contributed by atoms with Gasteiger partial charge in [0.1, 0.15) is 0 Å². The number of benzene rings is 1. The number of carbonyl (C=O) groups excluding carboxylic acids is 1. The monoisotopic (exact) mass is 258 g/mol. The van der Waals surface area contributed by atoms with Gasteiger partial charge in [-0.3, -0.25) is 9.89 Å². The van der Waals surface area contributed by atoms with E-state index in [1.165, 1.54) is 0 Å². The molecule has 100 valence electrons. The van der Waals surface area contributed by atoms with Crippen molar-refractivity contribution < 1.29 is 4.79 Å². The Hall–Kier alpha value is -2.30. The molecule has 1 heterocycles. The number of aromatic nitrogens is 2. The maximum atomic E-state index is 11.9. The van der Waals surface area contributed by atoms with Crippen LogP contribution in [0.15, 0.2) is 30.3 Å². The highest BCUT2D eigenvalue weighted by Gasteiger charge is 2.08. The number of aryl methyl sites for hydroxylation is 1. The minimum atomic E-state index is -0.118. The van der Waals surface area contributed by atoms with Crippen molar-refractivity contribution in [2.75, 3.05) is 11.1 Å². The Morgan fingerprint density at radius 2 is 2.21 bits per heavy atom. The van der Waals surface area contributed by atoms with E-state index in [2.05, 4.69) is 22.4 Å². The van der Waals surface area contributed by atoms with Crippen LogP contribution in [-0.2, 0) is 17.6 Å². The van der Waals surface area contributed by atoms with Crippen LogP contribution in [0.3, 0.4) is 0 Å². The van der Waals surface area contributed by atoms with Crippen molar-refractivity contribution in [1.29, 1.82) is 0 Å². The zero-order valence-corrected chi connectivity index (χ0v) is 10.9. The van der Waals surface area contributed by atoms with Gasteiger partial charge in [-0.15, -0.1) is 0 Å². The number of hydrogen-bond acceptors (Lipinski definition) is 3. The lowest BCUT2D eigenvalue weighted by Gasteiger charge is -2.04. The first-order chi connectivity index (χ1) is 9.19. The highest BCUT2D eigenvalue weighted by Crippen LogP contribution is 2.13. The Kier molecular flexibility index (Phi) is 4.18. The first-order valence-corrected chi connectivity index (χ1v) is 6.36. The summed E-state index contributed by atoms with van der Waals surface area (Å²) in [5.41, 5.74) is 8.28. The minimum absolute atomic E-state index is 0.118. The SMILES string of the molecule is CCCc1cc(NC(=O)Cc2ccccc2N)n[nH]1. The highest BCUT2D eigenvalue weighted by molar-refractivity contribution is 5.92. The summed E-state index contributed by atoms with van der Waals surface area (Å²) in [4.78, 5) is 11.9. The highest BCUT2D eigenvalue weighted by atomic mass is 16.1. The average Bonchev–Trinajstić information content (AvgIpc) is 2.80. The van der Waals surface area contributed by atoms with Gasteiger partial charge in [0.05, 0.1) is 6.42 Å². The number of anilines is 2. The summed E-state index contributed by atoms with van der Waals surface area (Å²) in [5.74, 6) is 0.440. The van der Waals surface area contributed by atoms with Gasteiger partial charge in [-0.2, -0.15) is 5.10 Å². The van der Waals surface area contributed by atoms with Crippen molar-refractivity contribution in [3.63, 3.8) is 0 Å². The fraction of sp³-hybridized carbons (Fsp3) is 0.286. The van der Waals surface area contributed by atoms with Gasteiger partial charge in [-0.1, -0.05) is 31.5 Å². The third kappa shape index (κ3) is 3.58. The number of nitrogens with one attached hydrogen (secondary N) is 2. The van der Waals surface area contributed by atoms with E-state index >= 15 is 0 Å². The zero-order chi connectivity index (χ0) is 13.7. The van der Waals surface area contributed by atoms with Crippen molar-refractivity contribution >= 4 is 17.4 Å². The van der Waals surface area contributed by atoms with Gasteiger partial charge >= 0.3 is 0 Å². The molecule has 0 aliphatic heterocycles. The van der Waals surface area contributed by atoms with Crippen LogP contribution in [0.4, 0.5) is 11.5 Å². The number of hydrogen-bond donors (Lipinski definition) is 3. The van der Waals surface area contributed by atoms with E-state index in [1.54, 1.807) is 6.07 Å². The molecule has 0 fully saturated rings. The van der Waals surface area contributed by atoms with Gasteiger partial charge in [0.25, 0.3) is 0 Å². The molecule has 2 rings (SSSR count). The molecule has 0 unspecified atom stereocenters. The Morgan fingerprint density at radius 3 is 2.95 bits per heavy atom. The third-order valence-electron chi connectivity index (χ3n) is 2.82. The van der Waals surface area contributed by atoms with Crippen LogP contribution < -0.4 is 11.1 Å². The maximum absolute atomic E-state index is 11.9. The predicted molar refractivity (Wildman–Crippen MR) is 75.8 cm³/mol. The van der Waals surface area contributed by atoms with E-state index in [1.807, 2.05) is 24.3 Å². The number of aromatic amines is 1. The summed E-state index contributed by atoms with van der Waals surface area (Å²) in [7, 11) is 0. The molecule has 0 bridgehead atoms. The molecular weight excluding hydrogens is 240 g/mol. The molecule has 0 saturated heterocycles. The van der Waals surface area contributed by atoms with Gasteiger partial charge in [0.2, 0.25) is 5.91 Å². The molecule has 5 heteroatoms. The molecule has 0 spiro atoms. The number of H-pyrrole nitrogens is 1. The van der Waals surface area contributed by atoms with Crippen molar-refractivity contribution in [2.24, 2.45) is 0 Å². The average molecular weight is 258 g/mol. The molecule has 0 aliphatic rings. The Balaban J connectivity index is 1.95.